The molecule has 4 nitrogen and oxygen atoms in total. The number of nitrogens with one attached hydrogen (secondary N) is 1. The molecular weight excluding hydrogens is 271 g/mol. The Balaban J connectivity index is 2.21. The number of pyridine rings is 1. The van der Waals surface area contributed by atoms with Crippen molar-refractivity contribution >= 4 is 11.7 Å². The Morgan fingerprint density at radius 2 is 1.65 bits per heavy atom. The van der Waals surface area contributed by atoms with Gasteiger partial charge in [-0.05, 0) is 23.8 Å². The van der Waals surface area contributed by atoms with Crippen molar-refractivity contribution in [3.05, 3.63) is 48.3 Å². The molecule has 0 saturated carbocycles. The van der Waals surface area contributed by atoms with E-state index in [0.717, 1.165) is 12.3 Å². The van der Waals surface area contributed by atoms with Crippen LogP contribution in [-0.4, -0.2) is 11.0 Å². The predicted octanol–water partition coefficient (Wildman–Crippen LogP) is 3.26. The van der Waals surface area contributed by atoms with Gasteiger partial charge in [0.15, 0.2) is 0 Å². The van der Waals surface area contributed by atoms with Crippen molar-refractivity contribution in [2.45, 2.75) is 6.18 Å². The number of nitrogens with zero attached hydrogens (tertiary/aromatic N) is 1. The number of anilines is 1. The minimum Gasteiger partial charge on any atom is -0.351 e. The highest BCUT2D eigenvalue weighted by Gasteiger charge is 2.31. The number of nitrogens with two attached hydrogens (primary N) is 1. The van der Waals surface area contributed by atoms with Crippen molar-refractivity contribution in [3.8, 4) is 11.1 Å². The van der Waals surface area contributed by atoms with E-state index in [9.17, 15) is 18.0 Å². The van der Waals surface area contributed by atoms with E-state index in [1.54, 1.807) is 24.3 Å². The molecule has 1 aromatic carbocycles. The first-order valence-electron chi connectivity index (χ1n) is 5.56. The van der Waals surface area contributed by atoms with E-state index in [-0.39, 0.29) is 0 Å². The highest BCUT2D eigenvalue weighted by molar-refractivity contribution is 5.88. The van der Waals surface area contributed by atoms with Crippen LogP contribution in [0.3, 0.4) is 0 Å². The third-order valence-electron chi connectivity index (χ3n) is 2.54. The lowest BCUT2D eigenvalue weighted by molar-refractivity contribution is -0.141. The molecule has 20 heavy (non-hydrogen) atoms. The zero-order valence-corrected chi connectivity index (χ0v) is 10.1. The van der Waals surface area contributed by atoms with E-state index in [1.165, 1.54) is 6.07 Å². The number of primary amides is 1. The van der Waals surface area contributed by atoms with Gasteiger partial charge in [-0.1, -0.05) is 18.2 Å². The minimum absolute atomic E-state index is 0.501. The summed E-state index contributed by atoms with van der Waals surface area (Å²) in [5.41, 5.74) is 5.76. The van der Waals surface area contributed by atoms with Crippen LogP contribution in [0.1, 0.15) is 5.69 Å². The van der Waals surface area contributed by atoms with E-state index in [0.29, 0.717) is 16.8 Å². The van der Waals surface area contributed by atoms with Crippen LogP contribution in [0.25, 0.3) is 11.1 Å². The number of aromatic nitrogens is 1. The van der Waals surface area contributed by atoms with E-state index in [4.69, 9.17) is 5.73 Å². The second-order valence-electron chi connectivity index (χ2n) is 4.00. The number of carbonyl (C=O) groups is 1. The zero-order chi connectivity index (χ0) is 14.8. The van der Waals surface area contributed by atoms with Gasteiger partial charge < -0.3 is 11.1 Å². The molecule has 0 fully saturated rings. The largest absolute Gasteiger partial charge is 0.433 e. The van der Waals surface area contributed by atoms with E-state index < -0.39 is 17.9 Å². The van der Waals surface area contributed by atoms with Gasteiger partial charge in [-0.25, -0.2) is 4.79 Å². The van der Waals surface area contributed by atoms with Crippen LogP contribution in [0.2, 0.25) is 0 Å². The molecule has 104 valence electrons. The van der Waals surface area contributed by atoms with Crippen molar-refractivity contribution in [3.63, 3.8) is 0 Å². The van der Waals surface area contributed by atoms with Crippen LogP contribution in [0.4, 0.5) is 23.7 Å². The lowest BCUT2D eigenvalue weighted by Crippen LogP contribution is -2.19. The smallest absolute Gasteiger partial charge is 0.351 e. The van der Waals surface area contributed by atoms with Crippen LogP contribution in [0.5, 0.6) is 0 Å². The highest BCUT2D eigenvalue weighted by atomic mass is 19.4. The summed E-state index contributed by atoms with van der Waals surface area (Å²) in [6.45, 7) is 0. The first kappa shape index (κ1) is 13.9. The minimum atomic E-state index is -4.45. The third kappa shape index (κ3) is 3.25. The summed E-state index contributed by atoms with van der Waals surface area (Å²) in [6.07, 6.45) is -3.30. The van der Waals surface area contributed by atoms with Gasteiger partial charge in [0.2, 0.25) is 0 Å². The molecule has 0 bridgehead atoms. The second-order valence-corrected chi connectivity index (χ2v) is 4.00. The number of alkyl halides is 3. The number of hydrogen-bond donors (Lipinski definition) is 2. The Hall–Kier alpha value is -2.57. The van der Waals surface area contributed by atoms with Gasteiger partial charge in [-0.2, -0.15) is 13.2 Å². The van der Waals surface area contributed by atoms with Crippen molar-refractivity contribution in [2.24, 2.45) is 5.73 Å². The van der Waals surface area contributed by atoms with Gasteiger partial charge in [0.05, 0.1) is 0 Å². The Bertz CT molecular complexity index is 606. The SMILES string of the molecule is NC(=O)Nc1ccc(-c2ccc(C(F)(F)F)nc2)cc1. The van der Waals surface area contributed by atoms with Gasteiger partial charge in [-0.3, -0.25) is 4.98 Å². The van der Waals surface area contributed by atoms with E-state index >= 15 is 0 Å². The van der Waals surface area contributed by atoms with Crippen LogP contribution >= 0.6 is 0 Å². The van der Waals surface area contributed by atoms with Crippen LogP contribution in [0, 0.1) is 0 Å². The van der Waals surface area contributed by atoms with Gasteiger partial charge in [0.1, 0.15) is 5.69 Å². The summed E-state index contributed by atoms with van der Waals surface area (Å²) >= 11 is 0. The number of urea groups is 1. The zero-order valence-electron chi connectivity index (χ0n) is 10.1. The summed E-state index contributed by atoms with van der Waals surface area (Å²) < 4.78 is 37.1. The molecule has 0 aliphatic rings. The molecule has 0 radical (unpaired) electrons. The molecule has 0 aliphatic heterocycles. The molecule has 2 rings (SSSR count). The molecular formula is C13H10F3N3O. The molecule has 7 heteroatoms. The summed E-state index contributed by atoms with van der Waals surface area (Å²) in [7, 11) is 0. The maximum absolute atomic E-state index is 12.4. The molecule has 2 amide bonds. The Morgan fingerprint density at radius 3 is 2.10 bits per heavy atom. The van der Waals surface area contributed by atoms with Crippen molar-refractivity contribution in [2.75, 3.05) is 5.32 Å². The summed E-state index contributed by atoms with van der Waals surface area (Å²) in [5.74, 6) is 0. The molecule has 0 atom stereocenters. The summed E-state index contributed by atoms with van der Waals surface area (Å²) in [6, 6.07) is 8.06. The molecule has 2 aromatic rings. The fourth-order valence-electron chi connectivity index (χ4n) is 1.62. The van der Waals surface area contributed by atoms with Gasteiger partial charge in [-0.15, -0.1) is 0 Å². The number of amides is 2. The molecule has 3 N–H and O–H groups in total. The van der Waals surface area contributed by atoms with Gasteiger partial charge >= 0.3 is 12.2 Å². The molecule has 1 heterocycles. The first-order valence-corrected chi connectivity index (χ1v) is 5.56. The molecule has 0 spiro atoms. The van der Waals surface area contributed by atoms with Gasteiger partial charge in [0, 0.05) is 17.4 Å². The third-order valence-corrected chi connectivity index (χ3v) is 2.54. The maximum atomic E-state index is 12.4. The lowest BCUT2D eigenvalue weighted by atomic mass is 10.1. The normalized spacial score (nSPS) is 11.2. The summed E-state index contributed by atoms with van der Waals surface area (Å²) in [4.78, 5) is 14.0. The first-order chi connectivity index (χ1) is 9.36. The van der Waals surface area contributed by atoms with Gasteiger partial charge in [0.25, 0.3) is 0 Å². The van der Waals surface area contributed by atoms with Crippen molar-refractivity contribution in [1.82, 2.24) is 4.98 Å². The standard InChI is InChI=1S/C13H10F3N3O/c14-13(15,16)11-6-3-9(7-18-11)8-1-4-10(5-2-8)19-12(17)20/h1-7H,(H3,17,19,20). The lowest BCUT2D eigenvalue weighted by Gasteiger charge is -2.07. The fourth-order valence-corrected chi connectivity index (χ4v) is 1.62. The molecule has 1 aromatic heterocycles. The summed E-state index contributed by atoms with van der Waals surface area (Å²) in [5, 5.41) is 2.39. The molecule has 0 aliphatic carbocycles. The highest BCUT2D eigenvalue weighted by Crippen LogP contribution is 2.29. The number of rotatable bonds is 2. The monoisotopic (exact) mass is 281 g/mol. The van der Waals surface area contributed by atoms with Crippen LogP contribution in [-0.2, 0) is 6.18 Å². The quantitative estimate of drug-likeness (QED) is 0.887. The number of halogens is 3. The second kappa shape index (κ2) is 5.20. The van der Waals surface area contributed by atoms with E-state index in [2.05, 4.69) is 10.3 Å². The van der Waals surface area contributed by atoms with Crippen molar-refractivity contribution in [1.29, 1.82) is 0 Å². The molecule has 0 unspecified atom stereocenters. The number of carbonyl (C=O) groups excluding carboxylic acids is 1. The van der Waals surface area contributed by atoms with Crippen molar-refractivity contribution < 1.29 is 18.0 Å². The number of benzene rings is 1. The van der Waals surface area contributed by atoms with Crippen LogP contribution in [0.15, 0.2) is 42.6 Å². The Kier molecular flexibility index (Phi) is 3.60. The van der Waals surface area contributed by atoms with E-state index in [1.807, 2.05) is 0 Å². The Labute approximate surface area is 112 Å². The maximum Gasteiger partial charge on any atom is 0.433 e. The average Bonchev–Trinajstić information content (AvgIpc) is 2.38. The Morgan fingerprint density at radius 1 is 1.05 bits per heavy atom. The fraction of sp³-hybridized carbons (Fsp3) is 0.0769. The van der Waals surface area contributed by atoms with Crippen LogP contribution < -0.4 is 11.1 Å². The topological polar surface area (TPSA) is 68.0 Å². The molecule has 0 saturated heterocycles. The number of hydrogen-bond acceptors (Lipinski definition) is 2. The predicted molar refractivity (Wildman–Crippen MR) is 67.9 cm³/mol. The average molecular weight is 281 g/mol.